The molecule has 0 aliphatic heterocycles. The largest absolute Gasteiger partial charge is 0.483 e. The van der Waals surface area contributed by atoms with Crippen molar-refractivity contribution in [3.05, 3.63) is 0 Å². The molecule has 1 aliphatic carbocycles. The summed E-state index contributed by atoms with van der Waals surface area (Å²) in [6.45, 7) is -0.250. The Kier molecular flexibility index (Phi) is 11.7. The summed E-state index contributed by atoms with van der Waals surface area (Å²) >= 11 is 0. The van der Waals surface area contributed by atoms with E-state index in [-0.39, 0.29) is 6.47 Å². The van der Waals surface area contributed by atoms with Gasteiger partial charge in [-0.15, -0.1) is 0 Å². The highest BCUT2D eigenvalue weighted by Crippen LogP contribution is 2.18. The van der Waals surface area contributed by atoms with Gasteiger partial charge in [-0.1, -0.05) is 0 Å². The Morgan fingerprint density at radius 1 is 1.07 bits per heavy atom. The van der Waals surface area contributed by atoms with E-state index in [4.69, 9.17) is 30.3 Å². The van der Waals surface area contributed by atoms with Crippen molar-refractivity contribution in [3.8, 4) is 0 Å². The molecule has 0 saturated heterocycles. The van der Waals surface area contributed by atoms with Crippen LogP contribution in [0, 0.1) is 0 Å². The lowest BCUT2D eigenvalue weighted by Crippen LogP contribution is -2.35. The second-order valence-electron chi connectivity index (χ2n) is 2.71. The predicted octanol–water partition coefficient (Wildman–Crippen LogP) is -1.44. The van der Waals surface area contributed by atoms with Crippen molar-refractivity contribution in [2.24, 2.45) is 0 Å². The van der Waals surface area contributed by atoms with Gasteiger partial charge in [-0.05, 0) is 12.8 Å². The summed E-state index contributed by atoms with van der Waals surface area (Å²) < 4.78 is 0. The van der Waals surface area contributed by atoms with E-state index in [1.165, 1.54) is 0 Å². The molecule has 0 aromatic rings. The van der Waals surface area contributed by atoms with Crippen LogP contribution in [0.4, 0.5) is 0 Å². The normalized spacial score (nSPS) is 30.2. The van der Waals surface area contributed by atoms with Crippen LogP contribution in [-0.4, -0.2) is 57.4 Å². The molecule has 0 radical (unpaired) electrons. The van der Waals surface area contributed by atoms with Crippen LogP contribution in [0.25, 0.3) is 0 Å². The summed E-state index contributed by atoms with van der Waals surface area (Å²) in [5.74, 6) is 0. The first-order valence-electron chi connectivity index (χ1n) is 4.18. The van der Waals surface area contributed by atoms with Crippen LogP contribution in [0.15, 0.2) is 0 Å². The molecule has 3 atom stereocenters. The van der Waals surface area contributed by atoms with Crippen LogP contribution in [0.3, 0.4) is 0 Å². The van der Waals surface area contributed by atoms with Crippen LogP contribution in [-0.2, 0) is 4.79 Å². The van der Waals surface area contributed by atoms with Gasteiger partial charge < -0.3 is 25.5 Å². The fraction of sp³-hybridized carbons (Fsp3) is 0.875. The number of hydrogen-bond acceptors (Lipinski definition) is 5. The molecule has 0 amide bonds. The van der Waals surface area contributed by atoms with Crippen LogP contribution >= 0.6 is 0 Å². The molecule has 1 aliphatic rings. The highest BCUT2D eigenvalue weighted by molar-refractivity contribution is 5.32. The van der Waals surface area contributed by atoms with E-state index < -0.39 is 18.3 Å². The van der Waals surface area contributed by atoms with Crippen molar-refractivity contribution in [3.63, 3.8) is 0 Å². The standard InChI is InChI=1S/C6H12O3.CH2O2.CH4O/c7-4-1-2-5(8)6(9)3-4;2-1-3;1-2/h4-9H,1-3H2;1H,(H,2,3);2H,1H3. The van der Waals surface area contributed by atoms with Gasteiger partial charge in [-0.25, -0.2) is 0 Å². The zero-order valence-electron chi connectivity index (χ0n) is 8.08. The van der Waals surface area contributed by atoms with Gasteiger partial charge in [0, 0.05) is 13.5 Å². The fourth-order valence-corrected chi connectivity index (χ4v) is 1.11. The Morgan fingerprint density at radius 2 is 1.50 bits per heavy atom. The van der Waals surface area contributed by atoms with Crippen molar-refractivity contribution in [2.45, 2.75) is 37.6 Å². The van der Waals surface area contributed by atoms with Crippen molar-refractivity contribution >= 4 is 6.47 Å². The number of aliphatic hydroxyl groups is 4. The molecule has 14 heavy (non-hydrogen) atoms. The minimum atomic E-state index is -0.714. The summed E-state index contributed by atoms with van der Waals surface area (Å²) in [4.78, 5) is 8.36. The molecule has 6 nitrogen and oxygen atoms in total. The molecule has 0 aromatic carbocycles. The van der Waals surface area contributed by atoms with E-state index in [0.29, 0.717) is 19.3 Å². The van der Waals surface area contributed by atoms with Crippen LogP contribution < -0.4 is 0 Å². The number of carbonyl (C=O) groups is 1. The molecule has 0 heterocycles. The van der Waals surface area contributed by atoms with Crippen molar-refractivity contribution in [2.75, 3.05) is 7.11 Å². The second-order valence-corrected chi connectivity index (χ2v) is 2.71. The molecule has 0 aromatic heterocycles. The van der Waals surface area contributed by atoms with Crippen molar-refractivity contribution < 1.29 is 30.3 Å². The smallest absolute Gasteiger partial charge is 0.290 e. The quantitative estimate of drug-likeness (QED) is 0.312. The van der Waals surface area contributed by atoms with Crippen LogP contribution in [0.1, 0.15) is 19.3 Å². The van der Waals surface area contributed by atoms with Gasteiger partial charge in [0.25, 0.3) is 6.47 Å². The Bertz CT molecular complexity index is 129. The van der Waals surface area contributed by atoms with E-state index >= 15 is 0 Å². The highest BCUT2D eigenvalue weighted by Gasteiger charge is 2.25. The Hall–Kier alpha value is -0.690. The second kappa shape index (κ2) is 10.4. The van der Waals surface area contributed by atoms with Gasteiger partial charge >= 0.3 is 0 Å². The fourth-order valence-electron chi connectivity index (χ4n) is 1.11. The Labute approximate surface area is 82.4 Å². The summed E-state index contributed by atoms with van der Waals surface area (Å²) in [6, 6.07) is 0. The van der Waals surface area contributed by atoms with Crippen LogP contribution in [0.2, 0.25) is 0 Å². The minimum Gasteiger partial charge on any atom is -0.483 e. The average molecular weight is 210 g/mol. The third kappa shape index (κ3) is 7.93. The first-order chi connectivity index (χ1) is 6.61. The van der Waals surface area contributed by atoms with Gasteiger partial charge in [-0.3, -0.25) is 4.79 Å². The predicted molar refractivity (Wildman–Crippen MR) is 48.7 cm³/mol. The van der Waals surface area contributed by atoms with E-state index in [0.717, 1.165) is 7.11 Å². The third-order valence-corrected chi connectivity index (χ3v) is 1.75. The average Bonchev–Trinajstić information content (AvgIpc) is 2.17. The lowest BCUT2D eigenvalue weighted by Gasteiger charge is -2.26. The topological polar surface area (TPSA) is 118 Å². The summed E-state index contributed by atoms with van der Waals surface area (Å²) in [5.41, 5.74) is 0. The van der Waals surface area contributed by atoms with E-state index in [2.05, 4.69) is 0 Å². The van der Waals surface area contributed by atoms with Gasteiger partial charge in [0.15, 0.2) is 0 Å². The molecule has 1 saturated carbocycles. The maximum atomic E-state index is 8.94. The minimum absolute atomic E-state index is 0.250. The van der Waals surface area contributed by atoms with Gasteiger partial charge in [-0.2, -0.15) is 0 Å². The number of aliphatic hydroxyl groups excluding tert-OH is 4. The molecule has 0 bridgehead atoms. The van der Waals surface area contributed by atoms with E-state index in [1.807, 2.05) is 0 Å². The number of carboxylic acid groups (broad SMARTS) is 1. The molecule has 5 N–H and O–H groups in total. The number of hydrogen-bond donors (Lipinski definition) is 5. The van der Waals surface area contributed by atoms with E-state index in [9.17, 15) is 0 Å². The maximum Gasteiger partial charge on any atom is 0.290 e. The van der Waals surface area contributed by atoms with Gasteiger partial charge in [0.05, 0.1) is 18.3 Å². The molecule has 1 rings (SSSR count). The lowest BCUT2D eigenvalue weighted by atomic mass is 9.93. The first kappa shape index (κ1) is 15.8. The molecule has 1 fully saturated rings. The Balaban J connectivity index is 0. The zero-order valence-corrected chi connectivity index (χ0v) is 8.08. The molecule has 3 unspecified atom stereocenters. The summed E-state index contributed by atoms with van der Waals surface area (Å²) in [5, 5.41) is 40.7. The maximum absolute atomic E-state index is 8.94. The molecule has 86 valence electrons. The zero-order chi connectivity index (χ0) is 11.6. The molecular weight excluding hydrogens is 192 g/mol. The monoisotopic (exact) mass is 210 g/mol. The van der Waals surface area contributed by atoms with Gasteiger partial charge in [0.2, 0.25) is 0 Å². The Morgan fingerprint density at radius 3 is 1.79 bits per heavy atom. The van der Waals surface area contributed by atoms with Crippen molar-refractivity contribution in [1.82, 2.24) is 0 Å². The lowest BCUT2D eigenvalue weighted by molar-refractivity contribution is -0.122. The van der Waals surface area contributed by atoms with Crippen molar-refractivity contribution in [1.29, 1.82) is 0 Å². The summed E-state index contributed by atoms with van der Waals surface area (Å²) in [7, 11) is 1.00. The van der Waals surface area contributed by atoms with Gasteiger partial charge in [0.1, 0.15) is 0 Å². The molecular formula is C8H18O6. The third-order valence-electron chi connectivity index (χ3n) is 1.75. The highest BCUT2D eigenvalue weighted by atomic mass is 16.3. The molecule has 0 spiro atoms. The number of rotatable bonds is 0. The van der Waals surface area contributed by atoms with E-state index in [1.54, 1.807) is 0 Å². The summed E-state index contributed by atoms with van der Waals surface area (Å²) in [6.07, 6.45) is -0.299. The van der Waals surface area contributed by atoms with Crippen LogP contribution in [0.5, 0.6) is 0 Å². The molecule has 6 heteroatoms. The first-order valence-corrected chi connectivity index (χ1v) is 4.18. The SMILES string of the molecule is CO.O=CO.OC1CCC(O)C(O)C1.